The molecule has 2 rings (SSSR count). The lowest BCUT2D eigenvalue weighted by atomic mass is 9.99. The van der Waals surface area contributed by atoms with Crippen LogP contribution in [0.5, 0.6) is 0 Å². The standard InChI is InChI=1S/C19H30N4O.HI/c1-15(2)12-20-19(21-13-18(24)22(3)4)23-11-10-17(14-23)16-8-6-5-7-9-16;/h5-9,15,17H,10-14H2,1-4H3,(H,20,21);1H. The number of amides is 1. The van der Waals surface area contributed by atoms with Crippen LogP contribution in [0.2, 0.25) is 0 Å². The van der Waals surface area contributed by atoms with Gasteiger partial charge in [0.2, 0.25) is 5.91 Å². The number of nitrogens with one attached hydrogen (secondary N) is 1. The summed E-state index contributed by atoms with van der Waals surface area (Å²) in [6, 6.07) is 10.6. The first-order valence-electron chi connectivity index (χ1n) is 8.75. The number of carbonyl (C=O) groups excluding carboxylic acids is 1. The second kappa shape index (κ2) is 10.6. The average Bonchev–Trinajstić information content (AvgIpc) is 3.05. The van der Waals surface area contributed by atoms with E-state index >= 15 is 0 Å². The molecule has 1 aromatic rings. The molecule has 6 heteroatoms. The summed E-state index contributed by atoms with van der Waals surface area (Å²) >= 11 is 0. The van der Waals surface area contributed by atoms with Crippen molar-refractivity contribution in [1.29, 1.82) is 0 Å². The van der Waals surface area contributed by atoms with E-state index in [1.54, 1.807) is 19.0 Å². The summed E-state index contributed by atoms with van der Waals surface area (Å²) in [7, 11) is 3.53. The molecule has 1 atom stereocenters. The third-order valence-electron chi connectivity index (χ3n) is 4.29. The number of aliphatic imine (C=N–C) groups is 1. The number of halogens is 1. The van der Waals surface area contributed by atoms with E-state index < -0.39 is 0 Å². The van der Waals surface area contributed by atoms with Gasteiger partial charge in [-0.1, -0.05) is 44.2 Å². The van der Waals surface area contributed by atoms with Crippen LogP contribution in [0.4, 0.5) is 0 Å². The minimum absolute atomic E-state index is 0. The Labute approximate surface area is 168 Å². The van der Waals surface area contributed by atoms with E-state index in [-0.39, 0.29) is 36.4 Å². The van der Waals surface area contributed by atoms with Crippen molar-refractivity contribution in [3.8, 4) is 0 Å². The zero-order valence-corrected chi connectivity index (χ0v) is 18.1. The SMILES string of the molecule is CC(C)CNC(=NCC(=O)N(C)C)N1CCC(c2ccccc2)C1.I. The lowest BCUT2D eigenvalue weighted by Crippen LogP contribution is -2.42. The monoisotopic (exact) mass is 458 g/mol. The van der Waals surface area contributed by atoms with Gasteiger partial charge in [0.1, 0.15) is 6.54 Å². The number of hydrogen-bond donors (Lipinski definition) is 1. The van der Waals surface area contributed by atoms with E-state index in [0.29, 0.717) is 11.8 Å². The van der Waals surface area contributed by atoms with Gasteiger partial charge in [0.15, 0.2) is 5.96 Å². The van der Waals surface area contributed by atoms with Crippen LogP contribution >= 0.6 is 24.0 Å². The highest BCUT2D eigenvalue weighted by Crippen LogP contribution is 2.26. The maximum atomic E-state index is 11.9. The van der Waals surface area contributed by atoms with Gasteiger partial charge in [0.25, 0.3) is 0 Å². The summed E-state index contributed by atoms with van der Waals surface area (Å²) in [6.45, 7) is 7.32. The average molecular weight is 458 g/mol. The topological polar surface area (TPSA) is 47.9 Å². The molecule has 1 heterocycles. The summed E-state index contributed by atoms with van der Waals surface area (Å²) in [4.78, 5) is 20.3. The highest BCUT2D eigenvalue weighted by Gasteiger charge is 2.26. The number of nitrogens with zero attached hydrogens (tertiary/aromatic N) is 3. The summed E-state index contributed by atoms with van der Waals surface area (Å²) in [5.74, 6) is 1.95. The van der Waals surface area contributed by atoms with Crippen LogP contribution in [-0.4, -0.2) is 61.9 Å². The van der Waals surface area contributed by atoms with Gasteiger partial charge in [-0.05, 0) is 17.9 Å². The Morgan fingerprint density at radius 3 is 2.60 bits per heavy atom. The van der Waals surface area contributed by atoms with Crippen molar-refractivity contribution >= 4 is 35.8 Å². The summed E-state index contributed by atoms with van der Waals surface area (Å²) < 4.78 is 0. The highest BCUT2D eigenvalue weighted by atomic mass is 127. The largest absolute Gasteiger partial charge is 0.356 e. The molecule has 0 radical (unpaired) electrons. The molecule has 1 saturated heterocycles. The van der Waals surface area contributed by atoms with E-state index in [1.165, 1.54) is 5.56 Å². The lowest BCUT2D eigenvalue weighted by molar-refractivity contribution is -0.127. The minimum atomic E-state index is 0. The Morgan fingerprint density at radius 1 is 1.32 bits per heavy atom. The Balaban J connectivity index is 0.00000312. The molecule has 1 aromatic carbocycles. The molecule has 1 aliphatic heterocycles. The molecule has 0 aliphatic carbocycles. The van der Waals surface area contributed by atoms with Gasteiger partial charge in [-0.2, -0.15) is 0 Å². The van der Waals surface area contributed by atoms with Crippen molar-refractivity contribution < 1.29 is 4.79 Å². The van der Waals surface area contributed by atoms with Gasteiger partial charge in [0, 0.05) is 39.6 Å². The molecule has 1 fully saturated rings. The van der Waals surface area contributed by atoms with Crippen molar-refractivity contribution in [2.45, 2.75) is 26.2 Å². The smallest absolute Gasteiger partial charge is 0.243 e. The fourth-order valence-electron chi connectivity index (χ4n) is 2.80. The summed E-state index contributed by atoms with van der Waals surface area (Å²) in [5, 5.41) is 3.43. The van der Waals surface area contributed by atoms with Gasteiger partial charge in [-0.3, -0.25) is 4.79 Å². The van der Waals surface area contributed by atoms with Gasteiger partial charge in [-0.25, -0.2) is 4.99 Å². The molecular formula is C19H31IN4O. The number of carbonyl (C=O) groups is 1. The maximum Gasteiger partial charge on any atom is 0.243 e. The Kier molecular flexibility index (Phi) is 9.24. The summed E-state index contributed by atoms with van der Waals surface area (Å²) in [5.41, 5.74) is 1.38. The molecule has 0 spiro atoms. The predicted octanol–water partition coefficient (Wildman–Crippen LogP) is 2.78. The van der Waals surface area contributed by atoms with Crippen LogP contribution in [-0.2, 0) is 4.79 Å². The third-order valence-corrected chi connectivity index (χ3v) is 4.29. The molecule has 0 saturated carbocycles. The molecule has 25 heavy (non-hydrogen) atoms. The maximum absolute atomic E-state index is 11.9. The third kappa shape index (κ3) is 6.84. The van der Waals surface area contributed by atoms with Crippen molar-refractivity contribution in [3.63, 3.8) is 0 Å². The molecule has 0 bridgehead atoms. The van der Waals surface area contributed by atoms with E-state index in [1.807, 2.05) is 0 Å². The first-order valence-corrected chi connectivity index (χ1v) is 8.75. The van der Waals surface area contributed by atoms with Crippen LogP contribution in [0, 0.1) is 5.92 Å². The van der Waals surface area contributed by atoms with Crippen LogP contribution in [0.1, 0.15) is 31.7 Å². The molecule has 1 unspecified atom stereocenters. The highest BCUT2D eigenvalue weighted by molar-refractivity contribution is 14.0. The van der Waals surface area contributed by atoms with E-state index in [4.69, 9.17) is 0 Å². The molecule has 0 aromatic heterocycles. The van der Waals surface area contributed by atoms with E-state index in [2.05, 4.69) is 59.4 Å². The van der Waals surface area contributed by atoms with Gasteiger partial charge >= 0.3 is 0 Å². The quantitative estimate of drug-likeness (QED) is 0.420. The molecule has 140 valence electrons. The molecular weight excluding hydrogens is 427 g/mol. The number of benzene rings is 1. The second-order valence-electron chi connectivity index (χ2n) is 7.05. The fraction of sp³-hybridized carbons (Fsp3) is 0.579. The number of rotatable bonds is 5. The fourth-order valence-corrected chi connectivity index (χ4v) is 2.80. The summed E-state index contributed by atoms with van der Waals surface area (Å²) in [6.07, 6.45) is 1.12. The minimum Gasteiger partial charge on any atom is -0.356 e. The van der Waals surface area contributed by atoms with Gasteiger partial charge in [0.05, 0.1) is 0 Å². The van der Waals surface area contributed by atoms with Crippen molar-refractivity contribution in [1.82, 2.24) is 15.1 Å². The number of guanidine groups is 1. The van der Waals surface area contributed by atoms with E-state index in [9.17, 15) is 4.79 Å². The Morgan fingerprint density at radius 2 is 2.00 bits per heavy atom. The van der Waals surface area contributed by atoms with Crippen molar-refractivity contribution in [2.75, 3.05) is 40.3 Å². The molecule has 1 amide bonds. The van der Waals surface area contributed by atoms with Gasteiger partial charge in [-0.15, -0.1) is 24.0 Å². The van der Waals surface area contributed by atoms with E-state index in [0.717, 1.165) is 32.0 Å². The number of likely N-dealkylation sites (N-methyl/N-ethyl adjacent to an activating group) is 1. The van der Waals surface area contributed by atoms with Crippen LogP contribution in [0.25, 0.3) is 0 Å². The molecule has 5 nitrogen and oxygen atoms in total. The van der Waals surface area contributed by atoms with Crippen LogP contribution in [0.3, 0.4) is 0 Å². The zero-order chi connectivity index (χ0) is 17.5. The Bertz CT molecular complexity index is 560. The lowest BCUT2D eigenvalue weighted by Gasteiger charge is -2.23. The first kappa shape index (κ1) is 21.7. The molecule has 1 aliphatic rings. The van der Waals surface area contributed by atoms with Crippen molar-refractivity contribution in [3.05, 3.63) is 35.9 Å². The van der Waals surface area contributed by atoms with Crippen molar-refractivity contribution in [2.24, 2.45) is 10.9 Å². The predicted molar refractivity (Wildman–Crippen MR) is 115 cm³/mol. The normalized spacial score (nSPS) is 17.4. The number of hydrogen-bond acceptors (Lipinski definition) is 2. The van der Waals surface area contributed by atoms with Crippen LogP contribution in [0.15, 0.2) is 35.3 Å². The number of likely N-dealkylation sites (tertiary alicyclic amines) is 1. The zero-order valence-electron chi connectivity index (χ0n) is 15.7. The Hall–Kier alpha value is -1.31. The first-order chi connectivity index (χ1) is 11.5. The van der Waals surface area contributed by atoms with Crippen LogP contribution < -0.4 is 5.32 Å². The van der Waals surface area contributed by atoms with Gasteiger partial charge < -0.3 is 15.1 Å². The molecule has 1 N–H and O–H groups in total. The second-order valence-corrected chi connectivity index (χ2v) is 7.05.